The molecule has 2 atom stereocenters. The number of halogens is 4. The summed E-state index contributed by atoms with van der Waals surface area (Å²) in [5, 5.41) is 0. The lowest BCUT2D eigenvalue weighted by Gasteiger charge is -2.42. The maximum atomic E-state index is 12.9. The van der Waals surface area contributed by atoms with Gasteiger partial charge in [0.15, 0.2) is 0 Å². The van der Waals surface area contributed by atoms with Crippen molar-refractivity contribution in [3.8, 4) is 0 Å². The molecule has 2 aliphatic rings. The number of nitrogens with two attached hydrogens (primary N) is 1. The number of alkyl halides is 3. The Balaban J connectivity index is 0.00000300. The Morgan fingerprint density at radius 1 is 1.10 bits per heavy atom. The molecule has 1 aromatic carbocycles. The molecular formula is C20H27ClF3N3O2. The third-order valence-electron chi connectivity index (χ3n) is 5.87. The molecule has 0 bridgehead atoms. The fourth-order valence-corrected chi connectivity index (χ4v) is 4.13. The lowest BCUT2D eigenvalue weighted by molar-refractivity contribution is -0.140. The van der Waals surface area contributed by atoms with Gasteiger partial charge in [-0.25, -0.2) is 0 Å². The Morgan fingerprint density at radius 3 is 2.31 bits per heavy atom. The van der Waals surface area contributed by atoms with Crippen LogP contribution in [0.15, 0.2) is 24.3 Å². The molecule has 162 valence electrons. The van der Waals surface area contributed by atoms with Gasteiger partial charge in [0.2, 0.25) is 5.91 Å². The topological polar surface area (TPSA) is 66.6 Å². The summed E-state index contributed by atoms with van der Waals surface area (Å²) in [6, 6.07) is 4.45. The summed E-state index contributed by atoms with van der Waals surface area (Å²) in [4.78, 5) is 28.7. The number of carbonyl (C=O) groups is 2. The first kappa shape index (κ1) is 23.5. The molecule has 2 unspecified atom stereocenters. The Bertz CT molecular complexity index is 747. The van der Waals surface area contributed by atoms with Crippen LogP contribution in [0, 0.1) is 5.92 Å². The third kappa shape index (κ3) is 5.22. The summed E-state index contributed by atoms with van der Waals surface area (Å²) in [5.41, 5.74) is 4.98. The van der Waals surface area contributed by atoms with Crippen molar-refractivity contribution in [1.29, 1.82) is 0 Å². The monoisotopic (exact) mass is 433 g/mol. The van der Waals surface area contributed by atoms with E-state index in [4.69, 9.17) is 5.73 Å². The van der Waals surface area contributed by atoms with Gasteiger partial charge in [-0.05, 0) is 38.0 Å². The average Bonchev–Trinajstić information content (AvgIpc) is 2.66. The summed E-state index contributed by atoms with van der Waals surface area (Å²) in [6.07, 6.45) is -0.893. The molecule has 2 fully saturated rings. The van der Waals surface area contributed by atoms with Crippen molar-refractivity contribution in [3.63, 3.8) is 0 Å². The van der Waals surface area contributed by atoms with Gasteiger partial charge < -0.3 is 15.5 Å². The van der Waals surface area contributed by atoms with Crippen molar-refractivity contribution in [2.45, 2.75) is 44.3 Å². The van der Waals surface area contributed by atoms with E-state index in [9.17, 15) is 22.8 Å². The van der Waals surface area contributed by atoms with Crippen LogP contribution in [0.1, 0.15) is 48.5 Å². The van der Waals surface area contributed by atoms with Crippen molar-refractivity contribution < 1.29 is 22.8 Å². The quantitative estimate of drug-likeness (QED) is 0.778. The van der Waals surface area contributed by atoms with Gasteiger partial charge in [-0.3, -0.25) is 9.59 Å². The predicted octanol–water partition coefficient (Wildman–Crippen LogP) is 3.32. The molecule has 1 aliphatic heterocycles. The van der Waals surface area contributed by atoms with Crippen LogP contribution < -0.4 is 5.73 Å². The van der Waals surface area contributed by atoms with Crippen LogP contribution in [0.3, 0.4) is 0 Å². The van der Waals surface area contributed by atoms with Crippen molar-refractivity contribution in [3.05, 3.63) is 35.4 Å². The van der Waals surface area contributed by atoms with Crippen LogP contribution in [-0.2, 0) is 11.0 Å². The van der Waals surface area contributed by atoms with E-state index in [2.05, 4.69) is 0 Å². The lowest BCUT2D eigenvalue weighted by atomic mass is 9.74. The van der Waals surface area contributed by atoms with Crippen LogP contribution in [0.5, 0.6) is 0 Å². The molecule has 5 nitrogen and oxygen atoms in total. The Kier molecular flexibility index (Phi) is 7.22. The number of hydrogen-bond donors (Lipinski definition) is 1. The smallest absolute Gasteiger partial charge is 0.339 e. The highest BCUT2D eigenvalue weighted by atomic mass is 35.5. The molecule has 1 saturated heterocycles. The van der Waals surface area contributed by atoms with Crippen LogP contribution in [0.25, 0.3) is 0 Å². The van der Waals surface area contributed by atoms with Gasteiger partial charge in [-0.1, -0.05) is 18.9 Å². The van der Waals surface area contributed by atoms with Gasteiger partial charge in [-0.2, -0.15) is 13.2 Å². The number of piperazine rings is 1. The van der Waals surface area contributed by atoms with Crippen molar-refractivity contribution in [2.24, 2.45) is 11.7 Å². The second kappa shape index (κ2) is 8.92. The number of rotatable bonds is 2. The average molecular weight is 434 g/mol. The zero-order chi connectivity index (χ0) is 20.5. The third-order valence-corrected chi connectivity index (χ3v) is 5.87. The van der Waals surface area contributed by atoms with E-state index in [0.717, 1.165) is 37.8 Å². The van der Waals surface area contributed by atoms with E-state index >= 15 is 0 Å². The standard InChI is InChI=1S/C20H26F3N3O2.ClH/c1-19(24)8-3-2-7-16(19)18(28)26-11-9-25(10-12-26)17(27)14-5-4-6-15(13-14)20(21,22)23;/h4-6,13,16H,2-3,7-12,24H2,1H3;1H. The molecule has 0 radical (unpaired) electrons. The minimum Gasteiger partial charge on any atom is -0.339 e. The van der Waals surface area contributed by atoms with E-state index in [1.165, 1.54) is 17.0 Å². The van der Waals surface area contributed by atoms with Crippen molar-refractivity contribution in [2.75, 3.05) is 26.2 Å². The van der Waals surface area contributed by atoms with Crippen molar-refractivity contribution >= 4 is 24.2 Å². The number of hydrogen-bond acceptors (Lipinski definition) is 3. The van der Waals surface area contributed by atoms with Gasteiger partial charge in [0.25, 0.3) is 5.91 Å². The summed E-state index contributed by atoms with van der Waals surface area (Å²) < 4.78 is 38.6. The maximum Gasteiger partial charge on any atom is 0.416 e. The van der Waals surface area contributed by atoms with E-state index < -0.39 is 23.2 Å². The predicted molar refractivity (Wildman–Crippen MR) is 106 cm³/mol. The van der Waals surface area contributed by atoms with Crippen molar-refractivity contribution in [1.82, 2.24) is 9.80 Å². The van der Waals surface area contributed by atoms with Gasteiger partial charge in [-0.15, -0.1) is 12.4 Å². The number of benzene rings is 1. The molecule has 3 rings (SSSR count). The minimum atomic E-state index is -4.49. The highest BCUT2D eigenvalue weighted by molar-refractivity contribution is 5.94. The first-order valence-corrected chi connectivity index (χ1v) is 9.64. The molecule has 0 aromatic heterocycles. The van der Waals surface area contributed by atoms with Crippen LogP contribution >= 0.6 is 12.4 Å². The molecule has 9 heteroatoms. The highest BCUT2D eigenvalue weighted by Gasteiger charge is 2.40. The largest absolute Gasteiger partial charge is 0.416 e. The lowest BCUT2D eigenvalue weighted by Crippen LogP contribution is -2.57. The molecule has 1 aromatic rings. The van der Waals surface area contributed by atoms with Gasteiger partial charge in [0.05, 0.1) is 11.5 Å². The fourth-order valence-electron chi connectivity index (χ4n) is 4.13. The van der Waals surface area contributed by atoms with Gasteiger partial charge in [0.1, 0.15) is 0 Å². The zero-order valence-corrected chi connectivity index (χ0v) is 17.2. The van der Waals surface area contributed by atoms with Crippen LogP contribution in [0.4, 0.5) is 13.2 Å². The van der Waals surface area contributed by atoms with Crippen LogP contribution in [0.2, 0.25) is 0 Å². The number of amides is 2. The van der Waals surface area contributed by atoms with Gasteiger partial charge in [0, 0.05) is 37.3 Å². The Labute approximate surface area is 174 Å². The summed E-state index contributed by atoms with van der Waals surface area (Å²) >= 11 is 0. The molecule has 1 saturated carbocycles. The fraction of sp³-hybridized carbons (Fsp3) is 0.600. The molecule has 2 N–H and O–H groups in total. The molecule has 0 spiro atoms. The SMILES string of the molecule is CC1(N)CCCCC1C(=O)N1CCN(C(=O)c2cccc(C(F)(F)F)c2)CC1.Cl. The van der Waals surface area contributed by atoms with Gasteiger partial charge >= 0.3 is 6.18 Å². The van der Waals surface area contributed by atoms with E-state index in [1.54, 1.807) is 4.90 Å². The first-order valence-electron chi connectivity index (χ1n) is 9.64. The summed E-state index contributed by atoms with van der Waals surface area (Å²) in [6.45, 7) is 3.26. The highest BCUT2D eigenvalue weighted by Crippen LogP contribution is 2.33. The molecule has 2 amide bonds. The molecule has 1 aliphatic carbocycles. The maximum absolute atomic E-state index is 12.9. The number of nitrogens with zero attached hydrogens (tertiary/aromatic N) is 2. The molecular weight excluding hydrogens is 407 g/mol. The summed E-state index contributed by atoms with van der Waals surface area (Å²) in [5.74, 6) is -0.637. The molecule has 1 heterocycles. The molecule has 29 heavy (non-hydrogen) atoms. The Morgan fingerprint density at radius 2 is 1.72 bits per heavy atom. The van der Waals surface area contributed by atoms with Crippen LogP contribution in [-0.4, -0.2) is 53.3 Å². The van der Waals surface area contributed by atoms with E-state index in [0.29, 0.717) is 26.2 Å². The minimum absolute atomic E-state index is 0. The Hall–Kier alpha value is -1.80. The van der Waals surface area contributed by atoms with E-state index in [1.807, 2.05) is 6.92 Å². The number of carbonyl (C=O) groups excluding carboxylic acids is 2. The first-order chi connectivity index (χ1) is 13.1. The zero-order valence-electron chi connectivity index (χ0n) is 16.4. The summed E-state index contributed by atoms with van der Waals surface area (Å²) in [7, 11) is 0. The second-order valence-corrected chi connectivity index (χ2v) is 8.00. The van der Waals surface area contributed by atoms with E-state index in [-0.39, 0.29) is 29.8 Å². The second-order valence-electron chi connectivity index (χ2n) is 8.00. The normalized spacial score (nSPS) is 25.3.